The van der Waals surface area contributed by atoms with E-state index in [2.05, 4.69) is 0 Å². The highest BCUT2D eigenvalue weighted by Gasteiger charge is 2.41. The third-order valence-electron chi connectivity index (χ3n) is 3.26. The van der Waals surface area contributed by atoms with E-state index in [1.165, 1.54) is 5.56 Å². The van der Waals surface area contributed by atoms with Gasteiger partial charge in [-0.25, -0.2) is 0 Å². The van der Waals surface area contributed by atoms with Crippen molar-refractivity contribution in [2.24, 2.45) is 5.92 Å². The van der Waals surface area contributed by atoms with E-state index < -0.39 is 0 Å². The molecule has 0 saturated heterocycles. The lowest BCUT2D eigenvalue weighted by Gasteiger charge is -2.09. The molecule has 1 fully saturated rings. The van der Waals surface area contributed by atoms with Gasteiger partial charge in [0.05, 0.1) is 20.3 Å². The van der Waals surface area contributed by atoms with E-state index in [0.717, 1.165) is 17.9 Å². The standard InChI is InChI=1S/C13H18O3/c1-8(14)12-7-13(12)9-4-10(15-2)6-11(5-9)16-3/h4-6,8,12-14H,7H2,1-3H3/t8-,12-,13-/m1/s1. The summed E-state index contributed by atoms with van der Waals surface area (Å²) in [5, 5.41) is 9.51. The Bertz CT molecular complexity index is 351. The van der Waals surface area contributed by atoms with Crippen molar-refractivity contribution in [2.75, 3.05) is 14.2 Å². The summed E-state index contributed by atoms with van der Waals surface area (Å²) in [5.74, 6) is 2.46. The third kappa shape index (κ3) is 2.14. The first kappa shape index (κ1) is 11.3. The normalized spacial score (nSPS) is 25.0. The molecule has 2 rings (SSSR count). The summed E-state index contributed by atoms with van der Waals surface area (Å²) in [4.78, 5) is 0. The molecule has 0 radical (unpaired) electrons. The van der Waals surface area contributed by atoms with Gasteiger partial charge in [-0.1, -0.05) is 0 Å². The van der Waals surface area contributed by atoms with E-state index in [-0.39, 0.29) is 6.10 Å². The Morgan fingerprint density at radius 3 is 2.12 bits per heavy atom. The quantitative estimate of drug-likeness (QED) is 0.848. The highest BCUT2D eigenvalue weighted by molar-refractivity contribution is 5.42. The maximum absolute atomic E-state index is 9.51. The highest BCUT2D eigenvalue weighted by atomic mass is 16.5. The van der Waals surface area contributed by atoms with E-state index in [4.69, 9.17) is 9.47 Å². The summed E-state index contributed by atoms with van der Waals surface area (Å²) >= 11 is 0. The Morgan fingerprint density at radius 1 is 1.19 bits per heavy atom. The summed E-state index contributed by atoms with van der Waals surface area (Å²) in [6.07, 6.45) is 0.816. The van der Waals surface area contributed by atoms with Crippen LogP contribution in [-0.4, -0.2) is 25.4 Å². The van der Waals surface area contributed by atoms with Crippen molar-refractivity contribution >= 4 is 0 Å². The second-order valence-corrected chi connectivity index (χ2v) is 4.39. The summed E-state index contributed by atoms with van der Waals surface area (Å²) in [6, 6.07) is 5.91. The maximum Gasteiger partial charge on any atom is 0.122 e. The Kier molecular flexibility index (Phi) is 3.06. The number of aliphatic hydroxyl groups is 1. The van der Waals surface area contributed by atoms with Gasteiger partial charge < -0.3 is 14.6 Å². The Morgan fingerprint density at radius 2 is 1.75 bits per heavy atom. The molecule has 1 aromatic carbocycles. The van der Waals surface area contributed by atoms with E-state index in [0.29, 0.717) is 11.8 Å². The first-order valence-corrected chi connectivity index (χ1v) is 5.56. The van der Waals surface area contributed by atoms with E-state index in [9.17, 15) is 5.11 Å². The maximum atomic E-state index is 9.51. The van der Waals surface area contributed by atoms with Gasteiger partial charge in [-0.05, 0) is 42.9 Å². The minimum absolute atomic E-state index is 0.234. The minimum atomic E-state index is -0.234. The molecular formula is C13H18O3. The summed E-state index contributed by atoms with van der Waals surface area (Å²) in [6.45, 7) is 1.85. The van der Waals surface area contributed by atoms with Gasteiger partial charge in [0.1, 0.15) is 11.5 Å². The van der Waals surface area contributed by atoms with E-state index in [1.54, 1.807) is 14.2 Å². The lowest BCUT2D eigenvalue weighted by atomic mass is 10.1. The van der Waals surface area contributed by atoms with Gasteiger partial charge in [0.15, 0.2) is 0 Å². The second-order valence-electron chi connectivity index (χ2n) is 4.39. The summed E-state index contributed by atoms with van der Waals surface area (Å²) in [7, 11) is 3.30. The zero-order valence-corrected chi connectivity index (χ0v) is 9.93. The fourth-order valence-corrected chi connectivity index (χ4v) is 2.17. The first-order chi connectivity index (χ1) is 7.65. The van der Waals surface area contributed by atoms with Gasteiger partial charge in [0.2, 0.25) is 0 Å². The van der Waals surface area contributed by atoms with Crippen molar-refractivity contribution in [1.82, 2.24) is 0 Å². The van der Waals surface area contributed by atoms with Crippen LogP contribution in [0.4, 0.5) is 0 Å². The number of aliphatic hydroxyl groups excluding tert-OH is 1. The van der Waals surface area contributed by atoms with Crippen LogP contribution in [0.2, 0.25) is 0 Å². The lowest BCUT2D eigenvalue weighted by Crippen LogP contribution is -2.03. The number of ether oxygens (including phenoxy) is 2. The van der Waals surface area contributed by atoms with Crippen LogP contribution >= 0.6 is 0 Å². The monoisotopic (exact) mass is 222 g/mol. The molecule has 1 aliphatic rings. The molecule has 3 atom stereocenters. The predicted molar refractivity (Wildman–Crippen MR) is 62.1 cm³/mol. The number of benzene rings is 1. The molecule has 1 saturated carbocycles. The molecule has 0 aliphatic heterocycles. The molecule has 3 nitrogen and oxygen atoms in total. The minimum Gasteiger partial charge on any atom is -0.497 e. The summed E-state index contributed by atoms with van der Waals surface area (Å²) in [5.41, 5.74) is 1.20. The lowest BCUT2D eigenvalue weighted by molar-refractivity contribution is 0.169. The topological polar surface area (TPSA) is 38.7 Å². The molecule has 0 aromatic heterocycles. The molecule has 0 unspecified atom stereocenters. The largest absolute Gasteiger partial charge is 0.497 e. The van der Waals surface area contributed by atoms with Crippen molar-refractivity contribution in [3.63, 3.8) is 0 Å². The zero-order chi connectivity index (χ0) is 11.7. The second kappa shape index (κ2) is 4.34. The van der Waals surface area contributed by atoms with Gasteiger partial charge in [-0.15, -0.1) is 0 Å². The van der Waals surface area contributed by atoms with Crippen LogP contribution in [0.25, 0.3) is 0 Å². The van der Waals surface area contributed by atoms with Gasteiger partial charge in [0, 0.05) is 6.07 Å². The summed E-state index contributed by atoms with van der Waals surface area (Å²) < 4.78 is 10.5. The van der Waals surface area contributed by atoms with Crippen molar-refractivity contribution < 1.29 is 14.6 Å². The SMILES string of the molecule is COc1cc(OC)cc([C@H]2C[C@@H]2[C@@H](C)O)c1. The molecule has 3 heteroatoms. The fraction of sp³-hybridized carbons (Fsp3) is 0.538. The number of rotatable bonds is 4. The molecular weight excluding hydrogens is 204 g/mol. The fourth-order valence-electron chi connectivity index (χ4n) is 2.17. The van der Waals surface area contributed by atoms with E-state index in [1.807, 2.05) is 25.1 Å². The zero-order valence-electron chi connectivity index (χ0n) is 9.93. The predicted octanol–water partition coefficient (Wildman–Crippen LogP) is 2.19. The molecule has 1 aliphatic carbocycles. The smallest absolute Gasteiger partial charge is 0.122 e. The van der Waals surface area contributed by atoms with E-state index >= 15 is 0 Å². The molecule has 0 heterocycles. The Balaban J connectivity index is 2.21. The van der Waals surface area contributed by atoms with Crippen LogP contribution in [-0.2, 0) is 0 Å². The van der Waals surface area contributed by atoms with Crippen LogP contribution in [0, 0.1) is 5.92 Å². The highest BCUT2D eigenvalue weighted by Crippen LogP contribution is 2.50. The van der Waals surface area contributed by atoms with Gasteiger partial charge >= 0.3 is 0 Å². The molecule has 88 valence electrons. The van der Waals surface area contributed by atoms with Crippen molar-refractivity contribution in [2.45, 2.75) is 25.4 Å². The number of hydrogen-bond acceptors (Lipinski definition) is 3. The number of methoxy groups -OCH3 is 2. The average molecular weight is 222 g/mol. The molecule has 1 N–H and O–H groups in total. The third-order valence-corrected chi connectivity index (χ3v) is 3.26. The molecule has 0 amide bonds. The molecule has 0 bridgehead atoms. The van der Waals surface area contributed by atoms with Crippen molar-refractivity contribution in [3.8, 4) is 11.5 Å². The van der Waals surface area contributed by atoms with Crippen LogP contribution in [0.1, 0.15) is 24.8 Å². The molecule has 1 aromatic rings. The van der Waals surface area contributed by atoms with Crippen molar-refractivity contribution in [3.05, 3.63) is 23.8 Å². The first-order valence-electron chi connectivity index (χ1n) is 5.56. The van der Waals surface area contributed by atoms with Crippen LogP contribution < -0.4 is 9.47 Å². The Hall–Kier alpha value is -1.22. The number of hydrogen-bond donors (Lipinski definition) is 1. The van der Waals surface area contributed by atoms with Crippen molar-refractivity contribution in [1.29, 1.82) is 0 Å². The Labute approximate surface area is 96.0 Å². The van der Waals surface area contributed by atoms with Gasteiger partial charge in [-0.3, -0.25) is 0 Å². The molecule has 16 heavy (non-hydrogen) atoms. The van der Waals surface area contributed by atoms with Crippen LogP contribution in [0.15, 0.2) is 18.2 Å². The van der Waals surface area contributed by atoms with Gasteiger partial charge in [-0.2, -0.15) is 0 Å². The average Bonchev–Trinajstić information content (AvgIpc) is 3.08. The van der Waals surface area contributed by atoms with Gasteiger partial charge in [0.25, 0.3) is 0 Å². The van der Waals surface area contributed by atoms with Crippen LogP contribution in [0.5, 0.6) is 11.5 Å². The molecule has 0 spiro atoms. The van der Waals surface area contributed by atoms with Crippen LogP contribution in [0.3, 0.4) is 0 Å².